The van der Waals surface area contributed by atoms with Gasteiger partial charge in [0.25, 0.3) is 0 Å². The molecule has 0 saturated heterocycles. The lowest BCUT2D eigenvalue weighted by Crippen LogP contribution is -2.03. The first-order chi connectivity index (χ1) is 8.19. The normalized spacial score (nSPS) is 9.94. The zero-order valence-electron chi connectivity index (χ0n) is 9.78. The number of rotatable bonds is 3. The van der Waals surface area contributed by atoms with Crippen LogP contribution >= 0.6 is 0 Å². The highest BCUT2D eigenvalue weighted by molar-refractivity contribution is 5.44. The summed E-state index contributed by atoms with van der Waals surface area (Å²) in [6.07, 6.45) is 1.78. The molecule has 2 N–H and O–H groups in total. The van der Waals surface area contributed by atoms with Crippen molar-refractivity contribution in [3.05, 3.63) is 40.8 Å². The number of hydrogen-bond acceptors (Lipinski definition) is 4. The Hall–Kier alpha value is -2.35. The van der Waals surface area contributed by atoms with Gasteiger partial charge in [0.2, 0.25) is 0 Å². The third-order valence-corrected chi connectivity index (χ3v) is 2.48. The summed E-state index contributed by atoms with van der Waals surface area (Å²) in [5.74, 6) is 0.710. The molecule has 17 heavy (non-hydrogen) atoms. The fourth-order valence-electron chi connectivity index (χ4n) is 1.56. The number of aryl methyl sites for hydroxylation is 2. The molecule has 0 fully saturated rings. The first kappa shape index (κ1) is 11.1. The number of aromatic nitrogens is 3. The van der Waals surface area contributed by atoms with Crippen molar-refractivity contribution in [2.24, 2.45) is 0 Å². The average Bonchev–Trinajstić information content (AvgIpc) is 2.71. The van der Waals surface area contributed by atoms with E-state index in [1.807, 2.05) is 13.8 Å². The molecule has 0 spiro atoms. The summed E-state index contributed by atoms with van der Waals surface area (Å²) < 4.78 is 0. The van der Waals surface area contributed by atoms with Crippen molar-refractivity contribution >= 4 is 5.82 Å². The van der Waals surface area contributed by atoms with E-state index >= 15 is 0 Å². The Morgan fingerprint density at radius 3 is 2.88 bits per heavy atom. The first-order valence-electron chi connectivity index (χ1n) is 5.30. The highest BCUT2D eigenvalue weighted by atomic mass is 15.1. The Kier molecular flexibility index (Phi) is 3.06. The Bertz CT molecular complexity index is 565. The van der Waals surface area contributed by atoms with Gasteiger partial charge in [-0.3, -0.25) is 5.10 Å². The molecule has 0 radical (unpaired) electrons. The minimum Gasteiger partial charge on any atom is -0.366 e. The van der Waals surface area contributed by atoms with E-state index in [2.05, 4.69) is 26.6 Å². The minimum absolute atomic E-state index is 0.615. The molecule has 2 aromatic heterocycles. The predicted molar refractivity (Wildman–Crippen MR) is 64.3 cm³/mol. The molecule has 86 valence electrons. The van der Waals surface area contributed by atoms with Crippen LogP contribution in [0.1, 0.15) is 22.5 Å². The second kappa shape index (κ2) is 4.66. The number of H-pyrrole nitrogens is 1. The molecule has 0 unspecified atom stereocenters. The SMILES string of the molecule is Cc1cc(C#N)cc(NCc2cn[nH]c2C)n1. The summed E-state index contributed by atoms with van der Waals surface area (Å²) in [7, 11) is 0. The van der Waals surface area contributed by atoms with E-state index < -0.39 is 0 Å². The van der Waals surface area contributed by atoms with Crippen molar-refractivity contribution in [1.82, 2.24) is 15.2 Å². The average molecular weight is 227 g/mol. The zero-order valence-corrected chi connectivity index (χ0v) is 9.78. The van der Waals surface area contributed by atoms with Crippen molar-refractivity contribution in [3.8, 4) is 6.07 Å². The van der Waals surface area contributed by atoms with Crippen molar-refractivity contribution in [2.45, 2.75) is 20.4 Å². The fraction of sp³-hybridized carbons (Fsp3) is 0.250. The highest BCUT2D eigenvalue weighted by Crippen LogP contribution is 2.11. The Balaban J connectivity index is 2.12. The van der Waals surface area contributed by atoms with Crippen LogP contribution in [0.25, 0.3) is 0 Å². The quantitative estimate of drug-likeness (QED) is 0.839. The van der Waals surface area contributed by atoms with E-state index in [1.165, 1.54) is 0 Å². The molecule has 2 aromatic rings. The third-order valence-electron chi connectivity index (χ3n) is 2.48. The lowest BCUT2D eigenvalue weighted by molar-refractivity contribution is 1.03. The summed E-state index contributed by atoms with van der Waals surface area (Å²) in [5.41, 5.74) is 3.57. The van der Waals surface area contributed by atoms with Crippen LogP contribution in [0.15, 0.2) is 18.3 Å². The maximum absolute atomic E-state index is 8.86. The van der Waals surface area contributed by atoms with E-state index in [-0.39, 0.29) is 0 Å². The van der Waals surface area contributed by atoms with Crippen LogP contribution in [0.4, 0.5) is 5.82 Å². The molecule has 0 aliphatic rings. The maximum atomic E-state index is 8.86. The largest absolute Gasteiger partial charge is 0.366 e. The number of nitrogens with zero attached hydrogens (tertiary/aromatic N) is 3. The van der Waals surface area contributed by atoms with Crippen molar-refractivity contribution in [2.75, 3.05) is 5.32 Å². The molecule has 0 aromatic carbocycles. The van der Waals surface area contributed by atoms with Crippen LogP contribution in [0, 0.1) is 25.2 Å². The number of anilines is 1. The molecule has 0 atom stereocenters. The molecule has 2 heterocycles. The van der Waals surface area contributed by atoms with Gasteiger partial charge in [0.1, 0.15) is 5.82 Å². The third kappa shape index (κ3) is 2.61. The highest BCUT2D eigenvalue weighted by Gasteiger charge is 2.02. The van der Waals surface area contributed by atoms with E-state index in [9.17, 15) is 0 Å². The molecule has 5 heteroatoms. The van der Waals surface area contributed by atoms with Gasteiger partial charge < -0.3 is 5.32 Å². The van der Waals surface area contributed by atoms with E-state index in [0.29, 0.717) is 17.9 Å². The predicted octanol–water partition coefficient (Wildman–Crippen LogP) is 1.91. The van der Waals surface area contributed by atoms with Gasteiger partial charge in [-0.15, -0.1) is 0 Å². The molecular formula is C12H13N5. The van der Waals surface area contributed by atoms with Gasteiger partial charge in [-0.25, -0.2) is 4.98 Å². The minimum atomic E-state index is 0.615. The molecule has 2 rings (SSSR count). The number of aromatic amines is 1. The standard InChI is InChI=1S/C12H13N5/c1-8-3-10(5-13)4-12(16-8)14-6-11-7-15-17-9(11)2/h3-4,7H,6H2,1-2H3,(H,14,16)(H,15,17). The topological polar surface area (TPSA) is 77.4 Å². The number of hydrogen-bond donors (Lipinski definition) is 2. The monoisotopic (exact) mass is 227 g/mol. The van der Waals surface area contributed by atoms with E-state index in [4.69, 9.17) is 5.26 Å². The van der Waals surface area contributed by atoms with Gasteiger partial charge >= 0.3 is 0 Å². The van der Waals surface area contributed by atoms with Crippen LogP contribution < -0.4 is 5.32 Å². The van der Waals surface area contributed by atoms with Crippen molar-refractivity contribution < 1.29 is 0 Å². The van der Waals surface area contributed by atoms with Crippen LogP contribution in [0.5, 0.6) is 0 Å². The summed E-state index contributed by atoms with van der Waals surface area (Å²) in [5, 5.41) is 18.9. The van der Waals surface area contributed by atoms with Crippen LogP contribution in [0.2, 0.25) is 0 Å². The van der Waals surface area contributed by atoms with Crippen LogP contribution in [-0.4, -0.2) is 15.2 Å². The van der Waals surface area contributed by atoms with Gasteiger partial charge in [0.05, 0.1) is 17.8 Å². The molecular weight excluding hydrogens is 214 g/mol. The van der Waals surface area contributed by atoms with Gasteiger partial charge in [-0.2, -0.15) is 10.4 Å². The van der Waals surface area contributed by atoms with Crippen LogP contribution in [-0.2, 0) is 6.54 Å². The molecule has 0 aliphatic carbocycles. The smallest absolute Gasteiger partial charge is 0.127 e. The summed E-state index contributed by atoms with van der Waals surface area (Å²) in [6, 6.07) is 5.61. The Morgan fingerprint density at radius 2 is 2.24 bits per heavy atom. The van der Waals surface area contributed by atoms with Gasteiger partial charge in [-0.05, 0) is 26.0 Å². The molecule has 0 amide bonds. The van der Waals surface area contributed by atoms with Gasteiger partial charge in [0.15, 0.2) is 0 Å². The van der Waals surface area contributed by atoms with Crippen molar-refractivity contribution in [1.29, 1.82) is 5.26 Å². The van der Waals surface area contributed by atoms with Crippen molar-refractivity contribution in [3.63, 3.8) is 0 Å². The number of nitrogens with one attached hydrogen (secondary N) is 2. The Labute approximate surface area is 99.5 Å². The van der Waals surface area contributed by atoms with E-state index in [1.54, 1.807) is 18.3 Å². The Morgan fingerprint density at radius 1 is 1.41 bits per heavy atom. The summed E-state index contributed by atoms with van der Waals surface area (Å²) >= 11 is 0. The maximum Gasteiger partial charge on any atom is 0.127 e. The van der Waals surface area contributed by atoms with E-state index in [0.717, 1.165) is 17.0 Å². The lowest BCUT2D eigenvalue weighted by Gasteiger charge is -2.06. The second-order valence-electron chi connectivity index (χ2n) is 3.87. The van der Waals surface area contributed by atoms with Crippen LogP contribution in [0.3, 0.4) is 0 Å². The summed E-state index contributed by atoms with van der Waals surface area (Å²) in [6.45, 7) is 4.48. The fourth-order valence-corrected chi connectivity index (χ4v) is 1.56. The number of pyridine rings is 1. The molecule has 5 nitrogen and oxygen atoms in total. The lowest BCUT2D eigenvalue weighted by atomic mass is 10.2. The zero-order chi connectivity index (χ0) is 12.3. The molecule has 0 bridgehead atoms. The van der Waals surface area contributed by atoms with Gasteiger partial charge in [-0.1, -0.05) is 0 Å². The number of nitriles is 1. The first-order valence-corrected chi connectivity index (χ1v) is 5.30. The summed E-state index contributed by atoms with van der Waals surface area (Å²) in [4.78, 5) is 4.32. The molecule has 0 saturated carbocycles. The van der Waals surface area contributed by atoms with Gasteiger partial charge in [0, 0.05) is 23.5 Å². The second-order valence-corrected chi connectivity index (χ2v) is 3.87. The molecule has 0 aliphatic heterocycles.